The Hall–Kier alpha value is -2.81. The number of hydrogen-bond acceptors (Lipinski definition) is 7. The van der Waals surface area contributed by atoms with Gasteiger partial charge in [0, 0.05) is 56.3 Å². The van der Waals surface area contributed by atoms with Crippen LogP contribution in [-0.2, 0) is 22.4 Å². The number of hydrogen-bond donors (Lipinski definition) is 0. The predicted octanol–water partition coefficient (Wildman–Crippen LogP) is 5.14. The lowest BCUT2D eigenvalue weighted by Gasteiger charge is -2.29. The fourth-order valence-corrected chi connectivity index (χ4v) is 5.43. The molecule has 7 nitrogen and oxygen atoms in total. The SMILES string of the molecule is CC(C)(C)OC(=O)N1CC=C(c2csc3cnc(Cc4ccc(CN5CCOCC5)cc4)nc23)CC1. The van der Waals surface area contributed by atoms with Crippen molar-refractivity contribution in [2.24, 2.45) is 0 Å². The molecule has 8 heteroatoms. The Labute approximate surface area is 216 Å². The van der Waals surface area contributed by atoms with Gasteiger partial charge in [-0.2, -0.15) is 0 Å². The van der Waals surface area contributed by atoms with Crippen LogP contribution in [-0.4, -0.2) is 70.9 Å². The van der Waals surface area contributed by atoms with Crippen molar-refractivity contribution in [2.45, 2.75) is 45.8 Å². The number of ether oxygens (including phenoxy) is 2. The van der Waals surface area contributed by atoms with Gasteiger partial charge in [0.25, 0.3) is 0 Å². The maximum atomic E-state index is 12.4. The second kappa shape index (κ2) is 10.7. The monoisotopic (exact) mass is 506 g/mol. The standard InChI is InChI=1S/C28H34N4O3S/c1-28(2,3)35-27(33)32-10-8-22(9-11-32)23-19-36-24-17-29-25(30-26(23)24)16-20-4-6-21(7-5-20)18-31-12-14-34-15-13-31/h4-8,17,19H,9-16,18H2,1-3H3. The Bertz CT molecular complexity index is 1240. The van der Waals surface area contributed by atoms with E-state index in [9.17, 15) is 4.79 Å². The molecule has 0 atom stereocenters. The number of carbonyl (C=O) groups is 1. The maximum absolute atomic E-state index is 12.4. The lowest BCUT2D eigenvalue weighted by Crippen LogP contribution is -2.39. The van der Waals surface area contributed by atoms with E-state index in [4.69, 9.17) is 14.5 Å². The van der Waals surface area contributed by atoms with Crippen LogP contribution in [0.3, 0.4) is 0 Å². The van der Waals surface area contributed by atoms with Crippen LogP contribution >= 0.6 is 11.3 Å². The number of nitrogens with zero attached hydrogens (tertiary/aromatic N) is 4. The van der Waals surface area contributed by atoms with E-state index in [0.29, 0.717) is 19.5 Å². The number of thiophene rings is 1. The van der Waals surface area contributed by atoms with Gasteiger partial charge in [-0.3, -0.25) is 4.90 Å². The molecule has 1 aromatic carbocycles. The smallest absolute Gasteiger partial charge is 0.410 e. The normalized spacial score (nSPS) is 17.3. The van der Waals surface area contributed by atoms with Crippen molar-refractivity contribution in [2.75, 3.05) is 39.4 Å². The first-order chi connectivity index (χ1) is 17.3. The van der Waals surface area contributed by atoms with E-state index in [1.807, 2.05) is 27.0 Å². The zero-order valence-corrected chi connectivity index (χ0v) is 22.1. The summed E-state index contributed by atoms with van der Waals surface area (Å²) in [4.78, 5) is 26.2. The molecule has 0 bridgehead atoms. The van der Waals surface area contributed by atoms with Crippen LogP contribution in [0.25, 0.3) is 15.8 Å². The molecule has 3 aromatic rings. The number of benzene rings is 1. The molecule has 0 N–H and O–H groups in total. The number of amides is 1. The van der Waals surface area contributed by atoms with Crippen molar-refractivity contribution in [3.05, 3.63) is 64.4 Å². The van der Waals surface area contributed by atoms with Gasteiger partial charge in [-0.25, -0.2) is 14.8 Å². The Balaban J connectivity index is 1.26. The summed E-state index contributed by atoms with van der Waals surface area (Å²) in [7, 11) is 0. The highest BCUT2D eigenvalue weighted by molar-refractivity contribution is 7.17. The minimum Gasteiger partial charge on any atom is -0.444 e. The molecule has 1 fully saturated rings. The Morgan fingerprint density at radius 3 is 2.56 bits per heavy atom. The van der Waals surface area contributed by atoms with E-state index >= 15 is 0 Å². The zero-order chi connectivity index (χ0) is 25.1. The number of aromatic nitrogens is 2. The molecular weight excluding hydrogens is 472 g/mol. The van der Waals surface area contributed by atoms with Gasteiger partial charge >= 0.3 is 6.09 Å². The molecule has 0 radical (unpaired) electrons. The second-order valence-corrected chi connectivity index (χ2v) is 11.3. The van der Waals surface area contributed by atoms with E-state index < -0.39 is 5.60 Å². The van der Waals surface area contributed by atoms with Crippen molar-refractivity contribution in [1.29, 1.82) is 0 Å². The highest BCUT2D eigenvalue weighted by atomic mass is 32.1. The van der Waals surface area contributed by atoms with Gasteiger partial charge in [0.2, 0.25) is 0 Å². The summed E-state index contributed by atoms with van der Waals surface area (Å²) in [5.41, 5.74) is 5.44. The van der Waals surface area contributed by atoms with Gasteiger partial charge in [0.1, 0.15) is 11.4 Å². The third kappa shape index (κ3) is 6.11. The summed E-state index contributed by atoms with van der Waals surface area (Å²) in [5, 5.41) is 2.17. The lowest BCUT2D eigenvalue weighted by molar-refractivity contribution is 0.0270. The molecule has 2 aliphatic heterocycles. The molecule has 0 aliphatic carbocycles. The molecule has 0 unspecified atom stereocenters. The van der Waals surface area contributed by atoms with E-state index in [-0.39, 0.29) is 6.09 Å². The summed E-state index contributed by atoms with van der Waals surface area (Å²) >= 11 is 1.67. The lowest BCUT2D eigenvalue weighted by atomic mass is 10.0. The summed E-state index contributed by atoms with van der Waals surface area (Å²) in [5.74, 6) is 0.829. The van der Waals surface area contributed by atoms with Crippen LogP contribution in [0, 0.1) is 0 Å². The van der Waals surface area contributed by atoms with Crippen LogP contribution in [0.1, 0.15) is 49.7 Å². The number of morpholine rings is 1. The third-order valence-electron chi connectivity index (χ3n) is 6.47. The average molecular weight is 507 g/mol. The molecule has 4 heterocycles. The summed E-state index contributed by atoms with van der Waals surface area (Å²) in [6.07, 6.45) is 5.30. The van der Waals surface area contributed by atoms with Crippen LogP contribution in [0.4, 0.5) is 4.79 Å². The van der Waals surface area contributed by atoms with Crippen molar-refractivity contribution in [3.8, 4) is 0 Å². The molecule has 2 aromatic heterocycles. The first kappa shape index (κ1) is 24.9. The fraction of sp³-hybridized carbons (Fsp3) is 0.464. The van der Waals surface area contributed by atoms with Gasteiger partial charge in [-0.15, -0.1) is 11.3 Å². The first-order valence-electron chi connectivity index (χ1n) is 12.6. The summed E-state index contributed by atoms with van der Waals surface area (Å²) in [6.45, 7) is 11.5. The Kier molecular flexibility index (Phi) is 7.37. The minimum absolute atomic E-state index is 0.256. The van der Waals surface area contributed by atoms with E-state index in [1.165, 1.54) is 16.7 Å². The molecular formula is C28H34N4O3S. The topological polar surface area (TPSA) is 67.8 Å². The second-order valence-electron chi connectivity index (χ2n) is 10.4. The van der Waals surface area contributed by atoms with Gasteiger partial charge in [0.15, 0.2) is 0 Å². The quantitative estimate of drug-likeness (QED) is 0.477. The fourth-order valence-electron chi connectivity index (χ4n) is 4.55. The van der Waals surface area contributed by atoms with E-state index in [0.717, 1.165) is 60.9 Å². The Morgan fingerprint density at radius 1 is 1.11 bits per heavy atom. The number of rotatable bonds is 5. The highest BCUT2D eigenvalue weighted by Gasteiger charge is 2.25. The molecule has 0 spiro atoms. The summed E-state index contributed by atoms with van der Waals surface area (Å²) in [6, 6.07) is 8.80. The molecule has 2 aliphatic rings. The minimum atomic E-state index is -0.485. The molecule has 36 heavy (non-hydrogen) atoms. The molecule has 5 rings (SSSR count). The van der Waals surface area contributed by atoms with Crippen molar-refractivity contribution in [3.63, 3.8) is 0 Å². The Morgan fingerprint density at radius 2 is 1.86 bits per heavy atom. The third-order valence-corrected chi connectivity index (χ3v) is 7.37. The molecule has 1 amide bonds. The summed E-state index contributed by atoms with van der Waals surface area (Å²) < 4.78 is 12.1. The highest BCUT2D eigenvalue weighted by Crippen LogP contribution is 2.33. The first-order valence-corrected chi connectivity index (χ1v) is 13.5. The van der Waals surface area contributed by atoms with Crippen LogP contribution in [0.5, 0.6) is 0 Å². The van der Waals surface area contributed by atoms with E-state index in [1.54, 1.807) is 16.2 Å². The van der Waals surface area contributed by atoms with Crippen molar-refractivity contribution >= 4 is 33.2 Å². The number of fused-ring (bicyclic) bond motifs is 1. The average Bonchev–Trinajstić information content (AvgIpc) is 3.28. The van der Waals surface area contributed by atoms with Crippen LogP contribution in [0.2, 0.25) is 0 Å². The maximum Gasteiger partial charge on any atom is 0.410 e. The molecule has 190 valence electrons. The molecule has 1 saturated heterocycles. The molecule has 0 saturated carbocycles. The van der Waals surface area contributed by atoms with Gasteiger partial charge in [0.05, 0.1) is 23.4 Å². The van der Waals surface area contributed by atoms with E-state index in [2.05, 4.69) is 45.6 Å². The van der Waals surface area contributed by atoms with Gasteiger partial charge in [-0.05, 0) is 43.9 Å². The zero-order valence-electron chi connectivity index (χ0n) is 21.3. The largest absolute Gasteiger partial charge is 0.444 e. The van der Waals surface area contributed by atoms with Gasteiger partial charge in [-0.1, -0.05) is 30.3 Å². The van der Waals surface area contributed by atoms with Gasteiger partial charge < -0.3 is 14.4 Å². The van der Waals surface area contributed by atoms with Crippen LogP contribution in [0.15, 0.2) is 41.9 Å². The van der Waals surface area contributed by atoms with Crippen molar-refractivity contribution < 1.29 is 14.3 Å². The number of carbonyl (C=O) groups excluding carboxylic acids is 1. The predicted molar refractivity (Wildman–Crippen MR) is 143 cm³/mol. The van der Waals surface area contributed by atoms with Crippen molar-refractivity contribution in [1.82, 2.24) is 19.8 Å². The van der Waals surface area contributed by atoms with Crippen LogP contribution < -0.4 is 0 Å².